The van der Waals surface area contributed by atoms with E-state index in [0.717, 1.165) is 10.7 Å². The van der Waals surface area contributed by atoms with Gasteiger partial charge in [0.25, 0.3) is 0 Å². The van der Waals surface area contributed by atoms with Crippen LogP contribution in [0.5, 0.6) is 0 Å². The smallest absolute Gasteiger partial charge is 0.239 e. The third-order valence-corrected chi connectivity index (χ3v) is 3.25. The molecular weight excluding hydrogens is 203 g/mol. The first-order valence-corrected chi connectivity index (χ1v) is 5.10. The zero-order valence-corrected chi connectivity index (χ0v) is 9.01. The molecule has 2 aromatic rings. The van der Waals surface area contributed by atoms with Gasteiger partial charge in [-0.05, 0) is 18.6 Å². The highest BCUT2D eigenvalue weighted by Gasteiger charge is 2.09. The molecule has 0 saturated carbocycles. The molecule has 0 radical (unpaired) electrons. The van der Waals surface area contributed by atoms with Crippen molar-refractivity contribution in [2.75, 3.05) is 5.73 Å². The molecule has 68 valence electrons. The molecule has 2 aromatic heterocycles. The van der Waals surface area contributed by atoms with E-state index in [9.17, 15) is 0 Å². The minimum Gasteiger partial charge on any atom is -0.366 e. The summed E-state index contributed by atoms with van der Waals surface area (Å²) in [6, 6.07) is 2.09. The Hall–Kier alpha value is -0.930. The van der Waals surface area contributed by atoms with Crippen LogP contribution in [0.25, 0.3) is 10.7 Å². The number of H-pyrrole nitrogens is 1. The molecule has 2 heterocycles. The summed E-state index contributed by atoms with van der Waals surface area (Å²) >= 11 is 1.65. The summed E-state index contributed by atoms with van der Waals surface area (Å²) in [5, 5.41) is 6.58. The Morgan fingerprint density at radius 3 is 2.85 bits per heavy atom. The number of aryl methyl sites for hydroxylation is 1. The van der Waals surface area contributed by atoms with Crippen LogP contribution in [0.1, 0.15) is 5.56 Å². The van der Waals surface area contributed by atoms with E-state index in [0.29, 0.717) is 0 Å². The summed E-state index contributed by atoms with van der Waals surface area (Å²) in [5.41, 5.74) is 6.61. The second-order valence-electron chi connectivity index (χ2n) is 2.70. The predicted molar refractivity (Wildman–Crippen MR) is 58.2 cm³/mol. The molecule has 3 N–H and O–H groups in total. The van der Waals surface area contributed by atoms with Crippen molar-refractivity contribution in [2.45, 2.75) is 6.92 Å². The van der Waals surface area contributed by atoms with E-state index in [1.54, 1.807) is 11.3 Å². The van der Waals surface area contributed by atoms with Gasteiger partial charge in [0, 0.05) is 4.62 Å². The summed E-state index contributed by atoms with van der Waals surface area (Å²) in [7, 11) is 2.67. The Morgan fingerprint density at radius 2 is 2.38 bits per heavy atom. The van der Waals surface area contributed by atoms with E-state index in [1.807, 2.05) is 6.92 Å². The van der Waals surface area contributed by atoms with E-state index < -0.39 is 0 Å². The van der Waals surface area contributed by atoms with Crippen LogP contribution in [0, 0.1) is 6.92 Å². The quantitative estimate of drug-likeness (QED) is 0.691. The molecule has 0 aliphatic heterocycles. The highest BCUT2D eigenvalue weighted by molar-refractivity contribution is 7.44. The predicted octanol–water partition coefficient (Wildman–Crippen LogP) is 0.924. The lowest BCUT2D eigenvalue weighted by molar-refractivity contribution is 1.10. The number of hydrogen-bond donors (Lipinski definition) is 2. The number of nitrogens with one attached hydrogen (secondary N) is 1. The first kappa shape index (κ1) is 8.66. The van der Waals surface area contributed by atoms with Gasteiger partial charge in [0.2, 0.25) is 5.95 Å². The number of aromatic nitrogens is 3. The van der Waals surface area contributed by atoms with Crippen LogP contribution >= 0.6 is 20.6 Å². The fourth-order valence-electron chi connectivity index (χ4n) is 1.12. The average Bonchev–Trinajstić information content (AvgIpc) is 2.58. The minimum absolute atomic E-state index is 0.285. The first-order valence-electron chi connectivity index (χ1n) is 3.71. The fourth-order valence-corrected chi connectivity index (χ4v) is 2.60. The molecule has 6 heteroatoms. The maximum atomic E-state index is 5.42. The number of thiophene rings is 1. The van der Waals surface area contributed by atoms with Gasteiger partial charge >= 0.3 is 0 Å². The number of aromatic amines is 1. The summed E-state index contributed by atoms with van der Waals surface area (Å²) < 4.78 is 1.18. The Kier molecular flexibility index (Phi) is 2.06. The second-order valence-corrected chi connectivity index (χ2v) is 4.83. The van der Waals surface area contributed by atoms with Crippen molar-refractivity contribution in [3.05, 3.63) is 11.6 Å². The molecule has 4 nitrogen and oxygen atoms in total. The van der Waals surface area contributed by atoms with Gasteiger partial charge in [0.05, 0.1) is 4.88 Å². The Balaban J connectivity index is 2.51. The maximum absolute atomic E-state index is 5.42. The molecule has 0 aliphatic carbocycles. The van der Waals surface area contributed by atoms with Gasteiger partial charge in [-0.15, -0.1) is 16.4 Å². The topological polar surface area (TPSA) is 67.6 Å². The van der Waals surface area contributed by atoms with E-state index in [2.05, 4.69) is 30.5 Å². The molecule has 13 heavy (non-hydrogen) atoms. The van der Waals surface area contributed by atoms with Crippen LogP contribution in [0.2, 0.25) is 0 Å². The summed E-state index contributed by atoms with van der Waals surface area (Å²) in [4.78, 5) is 5.16. The largest absolute Gasteiger partial charge is 0.366 e. The molecular formula is C7H9N4PS. The molecule has 0 bridgehead atoms. The van der Waals surface area contributed by atoms with Crippen molar-refractivity contribution in [1.29, 1.82) is 0 Å². The van der Waals surface area contributed by atoms with Crippen LogP contribution in [0.15, 0.2) is 6.07 Å². The number of nitrogens with two attached hydrogens (primary N) is 1. The van der Waals surface area contributed by atoms with Crippen molar-refractivity contribution >= 4 is 31.1 Å². The SMILES string of the molecule is Cc1cc(P)sc1-c1nc(N)n[nH]1. The Labute approximate surface area is 81.8 Å². The monoisotopic (exact) mass is 212 g/mol. The molecule has 0 spiro atoms. The van der Waals surface area contributed by atoms with E-state index in [4.69, 9.17) is 5.73 Å². The molecule has 0 fully saturated rings. The third-order valence-electron chi connectivity index (χ3n) is 1.65. The zero-order valence-electron chi connectivity index (χ0n) is 7.03. The van der Waals surface area contributed by atoms with Crippen molar-refractivity contribution in [3.8, 4) is 10.7 Å². The third kappa shape index (κ3) is 1.57. The number of nitrogens with zero attached hydrogens (tertiary/aromatic N) is 2. The summed E-state index contributed by atoms with van der Waals surface area (Å²) in [6.07, 6.45) is 0. The lowest BCUT2D eigenvalue weighted by Gasteiger charge is -1.90. The molecule has 0 aliphatic rings. The summed E-state index contributed by atoms with van der Waals surface area (Å²) in [6.45, 7) is 2.04. The highest BCUT2D eigenvalue weighted by atomic mass is 32.1. The Morgan fingerprint density at radius 1 is 1.62 bits per heavy atom. The van der Waals surface area contributed by atoms with Crippen LogP contribution in [-0.2, 0) is 0 Å². The lowest BCUT2D eigenvalue weighted by atomic mass is 10.3. The van der Waals surface area contributed by atoms with Gasteiger partial charge in [0.15, 0.2) is 5.82 Å². The van der Waals surface area contributed by atoms with Crippen molar-refractivity contribution in [1.82, 2.24) is 15.2 Å². The number of hydrogen-bond acceptors (Lipinski definition) is 4. The normalized spacial score (nSPS) is 10.6. The van der Waals surface area contributed by atoms with Crippen LogP contribution in [0.3, 0.4) is 0 Å². The highest BCUT2D eigenvalue weighted by Crippen LogP contribution is 2.25. The molecule has 1 atom stereocenters. The van der Waals surface area contributed by atoms with E-state index in [-0.39, 0.29) is 5.95 Å². The molecule has 0 aromatic carbocycles. The average molecular weight is 212 g/mol. The number of anilines is 1. The molecule has 2 rings (SSSR count). The fraction of sp³-hybridized carbons (Fsp3) is 0.143. The van der Waals surface area contributed by atoms with Crippen molar-refractivity contribution in [3.63, 3.8) is 0 Å². The maximum Gasteiger partial charge on any atom is 0.239 e. The zero-order chi connectivity index (χ0) is 9.42. The Bertz CT molecular complexity index is 433. The molecule has 1 unspecified atom stereocenters. The first-order chi connectivity index (χ1) is 6.16. The molecule has 0 saturated heterocycles. The van der Waals surface area contributed by atoms with E-state index >= 15 is 0 Å². The van der Waals surface area contributed by atoms with Gasteiger partial charge in [-0.1, -0.05) is 9.24 Å². The van der Waals surface area contributed by atoms with Gasteiger partial charge in [-0.3, -0.25) is 5.10 Å². The number of nitrogen functional groups attached to an aromatic ring is 1. The molecule has 0 amide bonds. The van der Waals surface area contributed by atoms with Gasteiger partial charge in [-0.2, -0.15) is 4.98 Å². The van der Waals surface area contributed by atoms with Crippen LogP contribution in [0.4, 0.5) is 5.95 Å². The van der Waals surface area contributed by atoms with E-state index in [1.165, 1.54) is 10.2 Å². The summed E-state index contributed by atoms with van der Waals surface area (Å²) in [5.74, 6) is 1.03. The number of rotatable bonds is 1. The van der Waals surface area contributed by atoms with Crippen LogP contribution in [-0.4, -0.2) is 15.2 Å². The van der Waals surface area contributed by atoms with Crippen molar-refractivity contribution < 1.29 is 0 Å². The lowest BCUT2D eigenvalue weighted by Crippen LogP contribution is -1.85. The van der Waals surface area contributed by atoms with Crippen molar-refractivity contribution in [2.24, 2.45) is 0 Å². The van der Waals surface area contributed by atoms with Crippen LogP contribution < -0.4 is 10.4 Å². The van der Waals surface area contributed by atoms with Gasteiger partial charge < -0.3 is 5.73 Å². The minimum atomic E-state index is 0.285. The van der Waals surface area contributed by atoms with Gasteiger partial charge in [-0.25, -0.2) is 0 Å². The van der Waals surface area contributed by atoms with Gasteiger partial charge in [0.1, 0.15) is 0 Å². The second kappa shape index (κ2) is 3.09. The standard InChI is InChI=1S/C7H9N4PS/c1-3-2-4(12)13-5(3)6-9-7(8)11-10-6/h2H,12H2,1H3,(H3,8,9,10,11).